The van der Waals surface area contributed by atoms with E-state index >= 15 is 0 Å². The number of benzene rings is 1. The van der Waals surface area contributed by atoms with Crippen molar-refractivity contribution in [3.8, 4) is 0 Å². The van der Waals surface area contributed by atoms with Gasteiger partial charge >= 0.3 is 12.1 Å². The highest BCUT2D eigenvalue weighted by atomic mass is 35.5. The Hall–Kier alpha value is -1.75. The Bertz CT molecular complexity index is 583. The van der Waals surface area contributed by atoms with E-state index in [1.807, 2.05) is 13.0 Å². The van der Waals surface area contributed by atoms with E-state index in [1.54, 1.807) is 39.0 Å². The summed E-state index contributed by atoms with van der Waals surface area (Å²) in [6, 6.07) is 7.16. The molecule has 1 N–H and O–H groups in total. The molecule has 1 aromatic carbocycles. The SMILES string of the molecule is CCC(CCNC(=O)OC(C)(C)C)(C(=O)OC)c1cccc(Cl)c1. The summed E-state index contributed by atoms with van der Waals surface area (Å²) in [4.78, 5) is 24.3. The molecule has 0 saturated carbocycles. The molecule has 6 heteroatoms. The van der Waals surface area contributed by atoms with Gasteiger partial charge in [-0.2, -0.15) is 0 Å². The first-order valence-corrected chi connectivity index (χ1v) is 8.33. The van der Waals surface area contributed by atoms with Crippen molar-refractivity contribution in [2.75, 3.05) is 13.7 Å². The topological polar surface area (TPSA) is 64.6 Å². The lowest BCUT2D eigenvalue weighted by Gasteiger charge is -2.31. The maximum Gasteiger partial charge on any atom is 0.407 e. The van der Waals surface area contributed by atoms with Gasteiger partial charge in [0.2, 0.25) is 0 Å². The number of halogens is 1. The molecule has 24 heavy (non-hydrogen) atoms. The van der Waals surface area contributed by atoms with Crippen LogP contribution in [-0.2, 0) is 19.7 Å². The molecule has 134 valence electrons. The number of amides is 1. The number of carbonyl (C=O) groups excluding carboxylic acids is 2. The first-order chi connectivity index (χ1) is 11.1. The van der Waals surface area contributed by atoms with E-state index in [9.17, 15) is 9.59 Å². The maximum absolute atomic E-state index is 12.5. The van der Waals surface area contributed by atoms with Crippen molar-refractivity contribution in [1.82, 2.24) is 5.32 Å². The number of methoxy groups -OCH3 is 1. The van der Waals surface area contributed by atoms with Crippen molar-refractivity contribution in [2.45, 2.75) is 51.6 Å². The monoisotopic (exact) mass is 355 g/mol. The van der Waals surface area contributed by atoms with Crippen molar-refractivity contribution in [2.24, 2.45) is 0 Å². The molecule has 0 aromatic heterocycles. The number of ether oxygens (including phenoxy) is 2. The van der Waals surface area contributed by atoms with Crippen LogP contribution < -0.4 is 5.32 Å². The van der Waals surface area contributed by atoms with Crippen molar-refractivity contribution in [3.63, 3.8) is 0 Å². The molecule has 0 saturated heterocycles. The number of hydrogen-bond donors (Lipinski definition) is 1. The van der Waals surface area contributed by atoms with Gasteiger partial charge in [-0.15, -0.1) is 0 Å². The molecule has 1 atom stereocenters. The fourth-order valence-corrected chi connectivity index (χ4v) is 2.75. The zero-order valence-electron chi connectivity index (χ0n) is 14.9. The van der Waals surface area contributed by atoms with Gasteiger partial charge in [-0.3, -0.25) is 4.79 Å². The normalized spacial score (nSPS) is 13.8. The lowest BCUT2D eigenvalue weighted by Crippen LogP contribution is -2.41. The van der Waals surface area contributed by atoms with Gasteiger partial charge in [-0.1, -0.05) is 30.7 Å². The van der Waals surface area contributed by atoms with Gasteiger partial charge < -0.3 is 14.8 Å². The lowest BCUT2D eigenvalue weighted by atomic mass is 9.75. The zero-order valence-corrected chi connectivity index (χ0v) is 15.7. The van der Waals surface area contributed by atoms with Crippen LogP contribution in [0.2, 0.25) is 5.02 Å². The van der Waals surface area contributed by atoms with Gasteiger partial charge in [-0.25, -0.2) is 4.79 Å². The van der Waals surface area contributed by atoms with Crippen molar-refractivity contribution < 1.29 is 19.1 Å². The Morgan fingerprint density at radius 3 is 2.42 bits per heavy atom. The minimum Gasteiger partial charge on any atom is -0.468 e. The second-order valence-electron chi connectivity index (χ2n) is 6.62. The first-order valence-electron chi connectivity index (χ1n) is 7.96. The molecule has 1 amide bonds. The van der Waals surface area contributed by atoms with Crippen LogP contribution in [0.25, 0.3) is 0 Å². The average Bonchev–Trinajstić information content (AvgIpc) is 2.49. The van der Waals surface area contributed by atoms with Crippen molar-refractivity contribution in [1.29, 1.82) is 0 Å². The van der Waals surface area contributed by atoms with E-state index in [2.05, 4.69) is 5.32 Å². The Morgan fingerprint density at radius 1 is 1.25 bits per heavy atom. The molecule has 0 radical (unpaired) electrons. The summed E-state index contributed by atoms with van der Waals surface area (Å²) >= 11 is 6.07. The molecule has 1 rings (SSSR count). The molecule has 0 fully saturated rings. The van der Waals surface area contributed by atoms with Crippen LogP contribution in [-0.4, -0.2) is 31.3 Å². The molecule has 0 heterocycles. The molecular formula is C18H26ClNO4. The summed E-state index contributed by atoms with van der Waals surface area (Å²) in [7, 11) is 1.36. The van der Waals surface area contributed by atoms with Gasteiger partial charge in [0.05, 0.1) is 12.5 Å². The van der Waals surface area contributed by atoms with E-state index in [0.29, 0.717) is 17.9 Å². The highest BCUT2D eigenvalue weighted by molar-refractivity contribution is 6.30. The molecule has 0 bridgehead atoms. The third-order valence-corrected chi connectivity index (χ3v) is 4.01. The largest absolute Gasteiger partial charge is 0.468 e. The molecule has 5 nitrogen and oxygen atoms in total. The van der Waals surface area contributed by atoms with Crippen LogP contribution in [0.5, 0.6) is 0 Å². The molecule has 0 aliphatic carbocycles. The molecule has 0 aliphatic rings. The fraction of sp³-hybridized carbons (Fsp3) is 0.556. The number of carbonyl (C=O) groups is 2. The standard InChI is InChI=1S/C18H26ClNO4/c1-6-18(15(21)23-5,13-8-7-9-14(19)12-13)10-11-20-16(22)24-17(2,3)4/h7-9,12H,6,10-11H2,1-5H3,(H,20,22). The molecule has 1 unspecified atom stereocenters. The highest BCUT2D eigenvalue weighted by Gasteiger charge is 2.39. The maximum atomic E-state index is 12.5. The number of hydrogen-bond acceptors (Lipinski definition) is 4. The number of alkyl carbamates (subject to hydrolysis) is 1. The van der Waals surface area contributed by atoms with E-state index in [1.165, 1.54) is 7.11 Å². The van der Waals surface area contributed by atoms with Crippen LogP contribution in [0.3, 0.4) is 0 Å². The van der Waals surface area contributed by atoms with Crippen LogP contribution in [0.4, 0.5) is 4.79 Å². The first kappa shape index (κ1) is 20.3. The quantitative estimate of drug-likeness (QED) is 0.781. The van der Waals surface area contributed by atoms with Gasteiger partial charge in [0.25, 0.3) is 0 Å². The summed E-state index contributed by atoms with van der Waals surface area (Å²) < 4.78 is 10.2. The summed E-state index contributed by atoms with van der Waals surface area (Å²) in [5.74, 6) is -0.349. The summed E-state index contributed by atoms with van der Waals surface area (Å²) in [5, 5.41) is 3.24. The highest BCUT2D eigenvalue weighted by Crippen LogP contribution is 2.34. The van der Waals surface area contributed by atoms with Gasteiger partial charge in [0.1, 0.15) is 5.60 Å². The minimum atomic E-state index is -0.866. The summed E-state index contributed by atoms with van der Waals surface area (Å²) in [5.41, 5.74) is -0.661. The fourth-order valence-electron chi connectivity index (χ4n) is 2.56. The molecule has 1 aromatic rings. The third kappa shape index (κ3) is 5.41. The number of rotatable bonds is 6. The van der Waals surface area contributed by atoms with Crippen LogP contribution in [0.15, 0.2) is 24.3 Å². The van der Waals surface area contributed by atoms with E-state index in [4.69, 9.17) is 21.1 Å². The smallest absolute Gasteiger partial charge is 0.407 e. The minimum absolute atomic E-state index is 0.282. The number of esters is 1. The van der Waals surface area contributed by atoms with E-state index in [0.717, 1.165) is 5.56 Å². The molecule has 0 aliphatic heterocycles. The van der Waals surface area contributed by atoms with Crippen LogP contribution in [0, 0.1) is 0 Å². The second-order valence-corrected chi connectivity index (χ2v) is 7.05. The lowest BCUT2D eigenvalue weighted by molar-refractivity contribution is -0.148. The van der Waals surface area contributed by atoms with Crippen molar-refractivity contribution in [3.05, 3.63) is 34.9 Å². The Labute approximate surface area is 148 Å². The van der Waals surface area contributed by atoms with Crippen molar-refractivity contribution >= 4 is 23.7 Å². The predicted octanol–water partition coefficient (Wildman–Crippen LogP) is 4.08. The summed E-state index contributed by atoms with van der Waals surface area (Å²) in [6.45, 7) is 7.58. The Balaban J connectivity index is 2.92. The Morgan fingerprint density at radius 2 is 1.92 bits per heavy atom. The van der Waals surface area contributed by atoms with E-state index < -0.39 is 17.1 Å². The summed E-state index contributed by atoms with van der Waals surface area (Å²) in [6.07, 6.45) is 0.398. The van der Waals surface area contributed by atoms with Gasteiger partial charge in [-0.05, 0) is 51.3 Å². The van der Waals surface area contributed by atoms with Crippen LogP contribution in [0.1, 0.15) is 46.1 Å². The number of nitrogens with one attached hydrogen (secondary N) is 1. The van der Waals surface area contributed by atoms with Gasteiger partial charge in [0, 0.05) is 11.6 Å². The third-order valence-electron chi connectivity index (χ3n) is 3.78. The van der Waals surface area contributed by atoms with Crippen LogP contribution >= 0.6 is 11.6 Å². The molecular weight excluding hydrogens is 330 g/mol. The predicted molar refractivity (Wildman–Crippen MR) is 94.3 cm³/mol. The average molecular weight is 356 g/mol. The second kappa shape index (κ2) is 8.38. The Kier molecular flexibility index (Phi) is 7.08. The zero-order chi connectivity index (χ0) is 18.4. The molecule has 0 spiro atoms. The van der Waals surface area contributed by atoms with E-state index in [-0.39, 0.29) is 12.5 Å². The van der Waals surface area contributed by atoms with Gasteiger partial charge in [0.15, 0.2) is 0 Å².